The van der Waals surface area contributed by atoms with Crippen molar-refractivity contribution in [3.8, 4) is 5.75 Å². The van der Waals surface area contributed by atoms with Gasteiger partial charge in [-0.05, 0) is 57.2 Å². The summed E-state index contributed by atoms with van der Waals surface area (Å²) in [6, 6.07) is 1.74. The van der Waals surface area contributed by atoms with Crippen LogP contribution in [0.15, 0.2) is 18.2 Å². The summed E-state index contributed by atoms with van der Waals surface area (Å²) in [5.41, 5.74) is 0.785. The van der Waals surface area contributed by atoms with Crippen molar-refractivity contribution in [3.63, 3.8) is 0 Å². The molecule has 3 fully saturated rings. The molecule has 3 aliphatic heterocycles. The average molecular weight is 656 g/mol. The van der Waals surface area contributed by atoms with E-state index in [-0.39, 0.29) is 61.8 Å². The number of amides is 3. The highest BCUT2D eigenvalue weighted by molar-refractivity contribution is 5.93. The van der Waals surface area contributed by atoms with Gasteiger partial charge in [0.1, 0.15) is 30.3 Å². The van der Waals surface area contributed by atoms with Crippen LogP contribution in [0.1, 0.15) is 63.4 Å². The average Bonchev–Trinajstić information content (AvgIpc) is 3.45. The van der Waals surface area contributed by atoms with Crippen molar-refractivity contribution in [2.75, 3.05) is 46.4 Å². The minimum Gasteiger partial charge on any atom is -0.493 e. The van der Waals surface area contributed by atoms with Crippen LogP contribution in [0.2, 0.25) is 0 Å². The maximum Gasteiger partial charge on any atom is 0.411 e. The van der Waals surface area contributed by atoms with Gasteiger partial charge in [-0.1, -0.05) is 25.3 Å². The summed E-state index contributed by atoms with van der Waals surface area (Å²) in [5, 5.41) is 8.87. The number of hydrogen-bond acceptors (Lipinski definition) is 7. The van der Waals surface area contributed by atoms with Gasteiger partial charge in [0.2, 0.25) is 17.7 Å². The molecule has 14 heteroatoms. The number of rotatable bonds is 10. The number of alkyl halides is 3. The Morgan fingerprint density at radius 3 is 2.57 bits per heavy atom. The molecule has 0 aromatic heterocycles. The first-order chi connectivity index (χ1) is 21.9. The topological polar surface area (TPSA) is 112 Å². The van der Waals surface area contributed by atoms with Crippen LogP contribution in [0.5, 0.6) is 5.75 Å². The largest absolute Gasteiger partial charge is 0.493 e. The van der Waals surface area contributed by atoms with Crippen LogP contribution in [0.3, 0.4) is 0 Å². The van der Waals surface area contributed by atoms with E-state index in [1.54, 1.807) is 20.0 Å². The lowest BCUT2D eigenvalue weighted by Gasteiger charge is -2.45. The summed E-state index contributed by atoms with van der Waals surface area (Å²) in [6.07, 6.45) is 0.198. The highest BCUT2D eigenvalue weighted by Crippen LogP contribution is 2.35. The van der Waals surface area contributed by atoms with Gasteiger partial charge < -0.3 is 30.3 Å². The number of carbonyl (C=O) groups excluding carboxylic acids is 3. The van der Waals surface area contributed by atoms with Gasteiger partial charge in [-0.3, -0.25) is 19.3 Å². The third-order valence-corrected chi connectivity index (χ3v) is 9.92. The van der Waals surface area contributed by atoms with Crippen LogP contribution in [-0.4, -0.2) is 110 Å². The van der Waals surface area contributed by atoms with Crippen molar-refractivity contribution in [2.24, 2.45) is 5.92 Å². The molecule has 1 aromatic rings. The number of hydrogen-bond donors (Lipinski definition) is 3. The fourth-order valence-electron chi connectivity index (χ4n) is 7.25. The second kappa shape index (κ2) is 14.8. The second-order valence-corrected chi connectivity index (χ2v) is 13.1. The molecule has 2 saturated heterocycles. The first kappa shape index (κ1) is 34.4. The van der Waals surface area contributed by atoms with E-state index in [0.717, 1.165) is 37.7 Å². The standard InChI is InChI=1S/C32H45F4N5O5/c1-19(37-2)29(42)39-28(20-6-4-3-5-7-20)31(44)41-15-23-13-24(46-18-32(34,35)36)16-40(23)17-26(41)30(43)38-14-21-10-11-45-27-12-22(33)8-9-25(21)27/h8-9,12,19-21,23-24,26,28,37H,3-7,10-11,13-18H2,1-2H3,(H,38,43)(H,39,42). The van der Waals surface area contributed by atoms with Crippen LogP contribution in [0.4, 0.5) is 17.6 Å². The van der Waals surface area contributed by atoms with E-state index in [2.05, 4.69) is 16.0 Å². The molecule has 1 saturated carbocycles. The quantitative estimate of drug-likeness (QED) is 0.333. The van der Waals surface area contributed by atoms with Gasteiger partial charge >= 0.3 is 6.18 Å². The van der Waals surface area contributed by atoms with Crippen molar-refractivity contribution in [1.82, 2.24) is 25.8 Å². The molecule has 256 valence electrons. The number of nitrogens with one attached hydrogen (secondary N) is 3. The summed E-state index contributed by atoms with van der Waals surface area (Å²) in [5.74, 6) is -1.26. The Morgan fingerprint density at radius 1 is 1.09 bits per heavy atom. The minimum absolute atomic E-state index is 0.0958. The number of nitrogens with zero attached hydrogens (tertiary/aromatic N) is 2. The lowest BCUT2D eigenvalue weighted by Crippen LogP contribution is -2.66. The molecule has 4 aliphatic rings. The van der Waals surface area contributed by atoms with E-state index in [0.29, 0.717) is 25.2 Å². The fourth-order valence-corrected chi connectivity index (χ4v) is 7.25. The Balaban J connectivity index is 1.36. The zero-order valence-electron chi connectivity index (χ0n) is 26.4. The highest BCUT2D eigenvalue weighted by Gasteiger charge is 2.48. The van der Waals surface area contributed by atoms with Gasteiger partial charge in [0.05, 0.1) is 18.8 Å². The first-order valence-electron chi connectivity index (χ1n) is 16.3. The monoisotopic (exact) mass is 655 g/mol. The summed E-state index contributed by atoms with van der Waals surface area (Å²) in [6.45, 7) is 1.42. The molecule has 3 N–H and O–H groups in total. The van der Waals surface area contributed by atoms with Crippen LogP contribution in [0.25, 0.3) is 0 Å². The number of benzene rings is 1. The van der Waals surface area contributed by atoms with Crippen LogP contribution in [-0.2, 0) is 19.1 Å². The molecule has 3 heterocycles. The predicted octanol–water partition coefficient (Wildman–Crippen LogP) is 2.71. The Morgan fingerprint density at radius 2 is 1.85 bits per heavy atom. The summed E-state index contributed by atoms with van der Waals surface area (Å²) in [4.78, 5) is 44.9. The zero-order chi connectivity index (χ0) is 33.0. The van der Waals surface area contributed by atoms with Crippen LogP contribution >= 0.6 is 0 Å². The molecule has 3 amide bonds. The molecule has 1 aromatic carbocycles. The van der Waals surface area contributed by atoms with Crippen LogP contribution in [0, 0.1) is 11.7 Å². The third kappa shape index (κ3) is 8.29. The van der Waals surface area contributed by atoms with Gasteiger partial charge in [-0.25, -0.2) is 4.39 Å². The van der Waals surface area contributed by atoms with E-state index in [9.17, 15) is 31.9 Å². The number of likely N-dealkylation sites (N-methyl/N-ethyl adjacent to an activating group) is 1. The minimum atomic E-state index is -4.46. The number of halogens is 4. The number of fused-ring (bicyclic) bond motifs is 2. The summed E-state index contributed by atoms with van der Waals surface area (Å²) < 4.78 is 63.3. The molecule has 0 spiro atoms. The number of ether oxygens (including phenoxy) is 2. The predicted molar refractivity (Wildman–Crippen MR) is 161 cm³/mol. The molecular weight excluding hydrogens is 610 g/mol. The molecule has 6 atom stereocenters. The SMILES string of the molecule is CNC(C)C(=O)NC(C(=O)N1CC2CC(OCC(F)(F)F)CN2CC1C(=O)NCC1CCOc2cc(F)ccc21)C1CCCCC1. The molecule has 10 nitrogen and oxygen atoms in total. The van der Waals surface area contributed by atoms with Crippen molar-refractivity contribution < 1.29 is 41.4 Å². The summed E-state index contributed by atoms with van der Waals surface area (Å²) >= 11 is 0. The Kier molecular flexibility index (Phi) is 11.1. The molecule has 46 heavy (non-hydrogen) atoms. The maximum atomic E-state index is 14.4. The summed E-state index contributed by atoms with van der Waals surface area (Å²) in [7, 11) is 1.66. The Bertz CT molecular complexity index is 1250. The van der Waals surface area contributed by atoms with E-state index < -0.39 is 42.8 Å². The number of piperazine rings is 1. The molecule has 5 rings (SSSR count). The first-order valence-corrected chi connectivity index (χ1v) is 16.3. The van der Waals surface area contributed by atoms with Gasteiger partial charge in [0, 0.05) is 44.2 Å². The van der Waals surface area contributed by atoms with Crippen molar-refractivity contribution in [3.05, 3.63) is 29.6 Å². The van der Waals surface area contributed by atoms with Crippen molar-refractivity contribution in [2.45, 2.75) is 94.2 Å². The Labute approximate surface area is 266 Å². The maximum absolute atomic E-state index is 14.4. The van der Waals surface area contributed by atoms with Crippen molar-refractivity contribution in [1.29, 1.82) is 0 Å². The second-order valence-electron chi connectivity index (χ2n) is 13.1. The lowest BCUT2D eigenvalue weighted by molar-refractivity contribution is -0.183. The Hall–Kier alpha value is -2.97. The molecule has 6 unspecified atom stereocenters. The molecular formula is C32H45F4N5O5. The van der Waals surface area contributed by atoms with E-state index >= 15 is 0 Å². The van der Waals surface area contributed by atoms with Gasteiger partial charge in [-0.2, -0.15) is 13.2 Å². The molecule has 0 radical (unpaired) electrons. The van der Waals surface area contributed by atoms with E-state index in [1.807, 2.05) is 4.90 Å². The van der Waals surface area contributed by atoms with E-state index in [1.165, 1.54) is 17.0 Å². The zero-order valence-corrected chi connectivity index (χ0v) is 26.4. The molecule has 1 aliphatic carbocycles. The highest BCUT2D eigenvalue weighted by atomic mass is 19.4. The van der Waals surface area contributed by atoms with E-state index in [4.69, 9.17) is 9.47 Å². The fraction of sp³-hybridized carbons (Fsp3) is 0.719. The number of carbonyl (C=O) groups is 3. The van der Waals surface area contributed by atoms with Crippen LogP contribution < -0.4 is 20.7 Å². The van der Waals surface area contributed by atoms with Gasteiger partial charge in [0.25, 0.3) is 0 Å². The van der Waals surface area contributed by atoms with Gasteiger partial charge in [-0.15, -0.1) is 0 Å². The van der Waals surface area contributed by atoms with Gasteiger partial charge in [0.15, 0.2) is 0 Å². The third-order valence-electron chi connectivity index (χ3n) is 9.92. The van der Waals surface area contributed by atoms with Crippen molar-refractivity contribution >= 4 is 17.7 Å². The normalized spacial score (nSPS) is 26.8. The smallest absolute Gasteiger partial charge is 0.411 e. The molecule has 0 bridgehead atoms. The lowest BCUT2D eigenvalue weighted by atomic mass is 9.82.